The van der Waals surface area contributed by atoms with E-state index < -0.39 is 0 Å². The van der Waals surface area contributed by atoms with Crippen LogP contribution in [0.3, 0.4) is 0 Å². The molecule has 0 aromatic rings. The van der Waals surface area contributed by atoms with E-state index in [9.17, 15) is 9.59 Å². The van der Waals surface area contributed by atoms with Gasteiger partial charge in [-0.1, -0.05) is 6.58 Å². The topological polar surface area (TPSA) is 52.6 Å². The Bertz CT molecular complexity index is 386. The Kier molecular flexibility index (Phi) is 1.91. The molecule has 2 aliphatic carbocycles. The Labute approximate surface area is 93.6 Å². The summed E-state index contributed by atoms with van der Waals surface area (Å²) >= 11 is 0. The third-order valence-electron chi connectivity index (χ3n) is 4.01. The minimum absolute atomic E-state index is 0.0646. The number of hydrogen-bond donors (Lipinski definition) is 0. The summed E-state index contributed by atoms with van der Waals surface area (Å²) in [6.45, 7) is 5.18. The lowest BCUT2D eigenvalue weighted by Crippen LogP contribution is -2.36. The quantitative estimate of drug-likeness (QED) is 0.517. The second-order valence-corrected chi connectivity index (χ2v) is 5.05. The van der Waals surface area contributed by atoms with Gasteiger partial charge in [0, 0.05) is 17.4 Å². The Balaban J connectivity index is 1.77. The number of esters is 2. The molecule has 1 heterocycles. The molecule has 0 radical (unpaired) electrons. The molecule has 2 saturated carbocycles. The number of carbonyl (C=O) groups is 2. The van der Waals surface area contributed by atoms with Crippen molar-refractivity contribution in [3.63, 3.8) is 0 Å². The third kappa shape index (κ3) is 1.16. The van der Waals surface area contributed by atoms with Crippen molar-refractivity contribution in [3.8, 4) is 0 Å². The number of fused-ring (bicyclic) bond motifs is 1. The van der Waals surface area contributed by atoms with E-state index in [1.54, 1.807) is 6.92 Å². The molecular formula is C12H14O4. The summed E-state index contributed by atoms with van der Waals surface area (Å²) in [5.74, 6) is 0.161. The van der Waals surface area contributed by atoms with E-state index in [0.29, 0.717) is 11.5 Å². The van der Waals surface area contributed by atoms with Gasteiger partial charge in [0.2, 0.25) is 0 Å². The maximum absolute atomic E-state index is 11.5. The SMILES string of the molecule is C=C(C)C(=O)OC1C2OC(=O)C3C[C@@H]1CC32. The van der Waals surface area contributed by atoms with Crippen molar-refractivity contribution in [3.05, 3.63) is 12.2 Å². The van der Waals surface area contributed by atoms with Crippen molar-refractivity contribution >= 4 is 11.9 Å². The van der Waals surface area contributed by atoms with Gasteiger partial charge in [-0.2, -0.15) is 0 Å². The van der Waals surface area contributed by atoms with Crippen molar-refractivity contribution in [2.75, 3.05) is 0 Å². The number of carbonyl (C=O) groups excluding carboxylic acids is 2. The molecule has 5 atom stereocenters. The van der Waals surface area contributed by atoms with E-state index in [1.807, 2.05) is 0 Å². The molecule has 86 valence electrons. The van der Waals surface area contributed by atoms with Crippen molar-refractivity contribution in [1.82, 2.24) is 0 Å². The zero-order valence-electron chi connectivity index (χ0n) is 9.14. The van der Waals surface area contributed by atoms with Crippen molar-refractivity contribution in [2.24, 2.45) is 17.8 Å². The highest BCUT2D eigenvalue weighted by molar-refractivity contribution is 5.87. The summed E-state index contributed by atoms with van der Waals surface area (Å²) in [4.78, 5) is 22.9. The standard InChI is InChI=1S/C12H14O4/c1-5(2)11(13)15-9-6-3-7-8(4-6)12(14)16-10(7)9/h6-10H,1,3-4H2,2H3/t6-,7?,8?,9?,10?/m0/s1. The lowest BCUT2D eigenvalue weighted by atomic mass is 9.88. The number of ether oxygens (including phenoxy) is 2. The van der Waals surface area contributed by atoms with Crippen LogP contribution in [-0.4, -0.2) is 24.1 Å². The normalized spacial score (nSPS) is 43.3. The zero-order valence-corrected chi connectivity index (χ0v) is 9.14. The summed E-state index contributed by atoms with van der Waals surface area (Å²) in [6, 6.07) is 0. The Hall–Kier alpha value is -1.32. The van der Waals surface area contributed by atoms with Crippen LogP contribution in [0.2, 0.25) is 0 Å². The minimum Gasteiger partial charge on any atom is -0.458 e. The first-order valence-electron chi connectivity index (χ1n) is 5.65. The highest BCUT2D eigenvalue weighted by Crippen LogP contribution is 2.55. The molecule has 1 aliphatic heterocycles. The summed E-state index contributed by atoms with van der Waals surface area (Å²) < 4.78 is 10.7. The molecule has 0 aromatic heterocycles. The van der Waals surface area contributed by atoms with Gasteiger partial charge in [0.1, 0.15) is 12.2 Å². The molecule has 0 N–H and O–H groups in total. The second-order valence-electron chi connectivity index (χ2n) is 5.05. The van der Waals surface area contributed by atoms with Crippen LogP contribution < -0.4 is 0 Å². The molecule has 0 spiro atoms. The van der Waals surface area contributed by atoms with Crippen LogP contribution in [0.25, 0.3) is 0 Å². The Morgan fingerprint density at radius 1 is 1.50 bits per heavy atom. The van der Waals surface area contributed by atoms with Crippen LogP contribution >= 0.6 is 0 Å². The largest absolute Gasteiger partial charge is 0.458 e. The van der Waals surface area contributed by atoms with E-state index in [-0.39, 0.29) is 36.0 Å². The predicted molar refractivity (Wildman–Crippen MR) is 54.3 cm³/mol. The van der Waals surface area contributed by atoms with Crippen molar-refractivity contribution in [2.45, 2.75) is 32.0 Å². The minimum atomic E-state index is -0.378. The fraction of sp³-hybridized carbons (Fsp3) is 0.667. The molecule has 2 bridgehead atoms. The van der Waals surface area contributed by atoms with Crippen molar-refractivity contribution < 1.29 is 19.1 Å². The molecule has 3 fully saturated rings. The Morgan fingerprint density at radius 3 is 2.94 bits per heavy atom. The molecule has 16 heavy (non-hydrogen) atoms. The van der Waals surface area contributed by atoms with Gasteiger partial charge in [0.15, 0.2) is 0 Å². The summed E-state index contributed by atoms with van der Waals surface area (Å²) in [5.41, 5.74) is 0.392. The molecule has 3 aliphatic rings. The Morgan fingerprint density at radius 2 is 2.25 bits per heavy atom. The first kappa shape index (κ1) is 9.87. The fourth-order valence-corrected chi connectivity index (χ4v) is 3.29. The fourth-order valence-electron chi connectivity index (χ4n) is 3.29. The summed E-state index contributed by atoms with van der Waals surface area (Å²) in [7, 11) is 0. The van der Waals surface area contributed by atoms with Gasteiger partial charge in [-0.3, -0.25) is 4.79 Å². The van der Waals surface area contributed by atoms with Gasteiger partial charge in [-0.15, -0.1) is 0 Å². The first-order valence-corrected chi connectivity index (χ1v) is 5.65. The van der Waals surface area contributed by atoms with E-state index in [4.69, 9.17) is 9.47 Å². The van der Waals surface area contributed by atoms with Crippen LogP contribution in [-0.2, 0) is 19.1 Å². The van der Waals surface area contributed by atoms with E-state index in [1.165, 1.54) is 0 Å². The average Bonchev–Trinajstić information content (AvgIpc) is 2.81. The molecule has 4 heteroatoms. The van der Waals surface area contributed by atoms with Crippen LogP contribution in [0.1, 0.15) is 19.8 Å². The molecule has 1 saturated heterocycles. The highest BCUT2D eigenvalue weighted by Gasteiger charge is 2.63. The molecule has 0 aromatic carbocycles. The lowest BCUT2D eigenvalue weighted by Gasteiger charge is -2.25. The van der Waals surface area contributed by atoms with Crippen LogP contribution in [0.4, 0.5) is 0 Å². The molecule has 4 unspecified atom stereocenters. The summed E-state index contributed by atoms with van der Waals surface area (Å²) in [6.07, 6.45) is 1.33. The van der Waals surface area contributed by atoms with E-state index in [0.717, 1.165) is 12.8 Å². The van der Waals surface area contributed by atoms with Gasteiger partial charge < -0.3 is 9.47 Å². The molecular weight excluding hydrogens is 208 g/mol. The van der Waals surface area contributed by atoms with Gasteiger partial charge in [0.25, 0.3) is 0 Å². The smallest absolute Gasteiger partial charge is 0.333 e. The van der Waals surface area contributed by atoms with Crippen LogP contribution in [0, 0.1) is 17.8 Å². The van der Waals surface area contributed by atoms with E-state index >= 15 is 0 Å². The highest BCUT2D eigenvalue weighted by atomic mass is 16.6. The van der Waals surface area contributed by atoms with Crippen LogP contribution in [0.5, 0.6) is 0 Å². The van der Waals surface area contributed by atoms with E-state index in [2.05, 4.69) is 6.58 Å². The maximum atomic E-state index is 11.5. The molecule has 0 amide bonds. The van der Waals surface area contributed by atoms with Gasteiger partial charge in [-0.25, -0.2) is 4.79 Å². The van der Waals surface area contributed by atoms with Gasteiger partial charge in [0.05, 0.1) is 5.92 Å². The van der Waals surface area contributed by atoms with Gasteiger partial charge in [-0.05, 0) is 19.8 Å². The predicted octanol–water partition coefficient (Wildman–Crippen LogP) is 1.06. The monoisotopic (exact) mass is 222 g/mol. The summed E-state index contributed by atoms with van der Waals surface area (Å²) in [5, 5.41) is 0. The van der Waals surface area contributed by atoms with Gasteiger partial charge >= 0.3 is 11.9 Å². The molecule has 3 rings (SSSR count). The molecule has 4 nitrogen and oxygen atoms in total. The zero-order chi connectivity index (χ0) is 11.4. The lowest BCUT2D eigenvalue weighted by molar-refractivity contribution is -0.158. The number of rotatable bonds is 2. The second kappa shape index (κ2) is 3.09. The first-order chi connectivity index (χ1) is 7.58. The maximum Gasteiger partial charge on any atom is 0.333 e. The number of hydrogen-bond acceptors (Lipinski definition) is 4. The third-order valence-corrected chi connectivity index (χ3v) is 4.01. The van der Waals surface area contributed by atoms with Crippen LogP contribution in [0.15, 0.2) is 12.2 Å². The average molecular weight is 222 g/mol. The van der Waals surface area contributed by atoms with Crippen molar-refractivity contribution in [1.29, 1.82) is 0 Å².